The predicted octanol–water partition coefficient (Wildman–Crippen LogP) is 3.49. The summed E-state index contributed by atoms with van der Waals surface area (Å²) < 4.78 is 2.23. The molecule has 0 saturated heterocycles. The molecule has 0 aliphatic heterocycles. The second-order valence-corrected chi connectivity index (χ2v) is 6.41. The molecule has 20 heavy (non-hydrogen) atoms. The number of para-hydroxylation sites is 1. The molecule has 2 aromatic rings. The smallest absolute Gasteiger partial charge is 0.313 e. The van der Waals surface area contributed by atoms with E-state index in [4.69, 9.17) is 5.11 Å². The van der Waals surface area contributed by atoms with Crippen LogP contribution < -0.4 is 0 Å². The van der Waals surface area contributed by atoms with Crippen LogP contribution in [-0.4, -0.2) is 26.4 Å². The summed E-state index contributed by atoms with van der Waals surface area (Å²) in [6.07, 6.45) is 2.52. The number of imidazole rings is 1. The number of fused-ring (bicyclic) bond motifs is 1. The van der Waals surface area contributed by atoms with Crippen LogP contribution >= 0.6 is 11.8 Å². The van der Waals surface area contributed by atoms with Crippen molar-refractivity contribution in [2.24, 2.45) is 5.92 Å². The molecule has 0 radical (unpaired) electrons. The molecule has 106 valence electrons. The summed E-state index contributed by atoms with van der Waals surface area (Å²) >= 11 is 1.32. The number of aliphatic carboxylic acids is 1. The van der Waals surface area contributed by atoms with Gasteiger partial charge in [0.25, 0.3) is 0 Å². The Bertz CT molecular complexity index is 661. The van der Waals surface area contributed by atoms with E-state index in [9.17, 15) is 4.79 Å². The third-order valence-corrected chi connectivity index (χ3v) is 4.86. The first-order valence-electron chi connectivity index (χ1n) is 6.90. The van der Waals surface area contributed by atoms with Crippen molar-refractivity contribution in [1.82, 2.24) is 9.55 Å². The van der Waals surface area contributed by atoms with Crippen molar-refractivity contribution in [2.45, 2.75) is 37.9 Å². The molecule has 1 heterocycles. The number of aryl methyl sites for hydroxylation is 1. The third kappa shape index (κ3) is 2.42. The molecule has 0 bridgehead atoms. The van der Waals surface area contributed by atoms with Crippen molar-refractivity contribution in [1.29, 1.82) is 0 Å². The van der Waals surface area contributed by atoms with Crippen molar-refractivity contribution in [2.75, 3.05) is 5.75 Å². The summed E-state index contributed by atoms with van der Waals surface area (Å²) in [4.78, 5) is 15.5. The summed E-state index contributed by atoms with van der Waals surface area (Å²) in [5.74, 6) is -0.0405. The van der Waals surface area contributed by atoms with Gasteiger partial charge in [-0.3, -0.25) is 4.79 Å². The van der Waals surface area contributed by atoms with Crippen molar-refractivity contribution < 1.29 is 9.90 Å². The molecule has 4 nitrogen and oxygen atoms in total. The fourth-order valence-corrected chi connectivity index (χ4v) is 3.46. The molecule has 3 rings (SSSR count). The van der Waals surface area contributed by atoms with Gasteiger partial charge in [-0.25, -0.2) is 4.98 Å². The lowest BCUT2D eigenvalue weighted by Crippen LogP contribution is -2.09. The zero-order valence-electron chi connectivity index (χ0n) is 11.7. The van der Waals surface area contributed by atoms with E-state index in [1.807, 2.05) is 19.1 Å². The standard InChI is InChI=1S/C15H18N2O2S/c1-9-4-3-5-12-14(9)16-15(20-8-13(18)19)17(12)10(2)11-6-7-11/h3-5,10-11H,6-8H2,1-2H3,(H,18,19). The zero-order valence-corrected chi connectivity index (χ0v) is 12.5. The average Bonchev–Trinajstić information content (AvgIpc) is 3.17. The van der Waals surface area contributed by atoms with E-state index in [0.29, 0.717) is 12.0 Å². The second kappa shape index (κ2) is 5.13. The van der Waals surface area contributed by atoms with Gasteiger partial charge in [-0.1, -0.05) is 23.9 Å². The van der Waals surface area contributed by atoms with Crippen LogP contribution in [0.1, 0.15) is 31.4 Å². The van der Waals surface area contributed by atoms with Crippen molar-refractivity contribution in [3.63, 3.8) is 0 Å². The number of carboxylic acid groups (broad SMARTS) is 1. The van der Waals surface area contributed by atoms with Crippen molar-refractivity contribution >= 4 is 28.8 Å². The second-order valence-electron chi connectivity index (χ2n) is 5.47. The molecule has 1 aromatic carbocycles. The van der Waals surface area contributed by atoms with Gasteiger partial charge >= 0.3 is 5.97 Å². The number of hydrogen-bond acceptors (Lipinski definition) is 3. The highest BCUT2D eigenvalue weighted by Gasteiger charge is 2.31. The highest BCUT2D eigenvalue weighted by Crippen LogP contribution is 2.42. The lowest BCUT2D eigenvalue weighted by molar-refractivity contribution is -0.133. The Labute approximate surface area is 122 Å². The first kappa shape index (κ1) is 13.5. The quantitative estimate of drug-likeness (QED) is 0.856. The number of aromatic nitrogens is 2. The van der Waals surface area contributed by atoms with Crippen LogP contribution in [0.3, 0.4) is 0 Å². The van der Waals surface area contributed by atoms with E-state index in [1.165, 1.54) is 24.6 Å². The number of nitrogens with zero attached hydrogens (tertiary/aromatic N) is 2. The highest BCUT2D eigenvalue weighted by atomic mass is 32.2. The Balaban J connectivity index is 2.08. The van der Waals surface area contributed by atoms with Gasteiger partial charge in [0, 0.05) is 6.04 Å². The summed E-state index contributed by atoms with van der Waals surface area (Å²) in [6.45, 7) is 4.26. The molecule has 1 N–H and O–H groups in total. The number of carbonyl (C=O) groups is 1. The fraction of sp³-hybridized carbons (Fsp3) is 0.467. The molecule has 1 unspecified atom stereocenters. The lowest BCUT2D eigenvalue weighted by atomic mass is 10.2. The van der Waals surface area contributed by atoms with E-state index >= 15 is 0 Å². The van der Waals surface area contributed by atoms with Crippen LogP contribution in [0.15, 0.2) is 23.4 Å². The monoisotopic (exact) mass is 290 g/mol. The van der Waals surface area contributed by atoms with E-state index in [0.717, 1.165) is 21.8 Å². The molecule has 1 aliphatic carbocycles. The van der Waals surface area contributed by atoms with Gasteiger partial charge in [-0.05, 0) is 44.2 Å². The van der Waals surface area contributed by atoms with Gasteiger partial charge in [-0.2, -0.15) is 0 Å². The normalized spacial score (nSPS) is 16.5. The Hall–Kier alpha value is -1.49. The summed E-state index contributed by atoms with van der Waals surface area (Å²) in [5, 5.41) is 9.73. The fourth-order valence-electron chi connectivity index (χ4n) is 2.65. The summed E-state index contributed by atoms with van der Waals surface area (Å²) in [7, 11) is 0. The van der Waals surface area contributed by atoms with E-state index in [-0.39, 0.29) is 5.75 Å². The maximum Gasteiger partial charge on any atom is 0.313 e. The van der Waals surface area contributed by atoms with E-state index in [2.05, 4.69) is 22.5 Å². The Kier molecular flexibility index (Phi) is 3.46. The zero-order chi connectivity index (χ0) is 14.3. The minimum Gasteiger partial charge on any atom is -0.481 e. The maximum absolute atomic E-state index is 10.8. The van der Waals surface area contributed by atoms with E-state index in [1.54, 1.807) is 0 Å². The van der Waals surface area contributed by atoms with Gasteiger partial charge in [0.05, 0.1) is 16.8 Å². The number of hydrogen-bond donors (Lipinski definition) is 1. The van der Waals surface area contributed by atoms with Gasteiger partial charge in [0.1, 0.15) is 0 Å². The highest BCUT2D eigenvalue weighted by molar-refractivity contribution is 7.99. The summed E-state index contributed by atoms with van der Waals surface area (Å²) in [5.41, 5.74) is 3.26. The van der Waals surface area contributed by atoms with Crippen LogP contribution in [0.25, 0.3) is 11.0 Å². The van der Waals surface area contributed by atoms with Gasteiger partial charge in [0.2, 0.25) is 0 Å². The molecule has 1 atom stereocenters. The van der Waals surface area contributed by atoms with Crippen molar-refractivity contribution in [3.05, 3.63) is 23.8 Å². The molecule has 0 amide bonds. The average molecular weight is 290 g/mol. The first-order chi connectivity index (χ1) is 9.58. The number of rotatable bonds is 5. The van der Waals surface area contributed by atoms with Gasteiger partial charge in [0.15, 0.2) is 5.16 Å². The van der Waals surface area contributed by atoms with Crippen molar-refractivity contribution in [3.8, 4) is 0 Å². The lowest BCUT2D eigenvalue weighted by Gasteiger charge is -2.16. The largest absolute Gasteiger partial charge is 0.481 e. The number of benzene rings is 1. The molecule has 1 aliphatic rings. The van der Waals surface area contributed by atoms with Gasteiger partial charge < -0.3 is 9.67 Å². The molecular weight excluding hydrogens is 272 g/mol. The van der Waals surface area contributed by atoms with Crippen LogP contribution in [0.4, 0.5) is 0 Å². The number of thioether (sulfide) groups is 1. The third-order valence-electron chi connectivity index (χ3n) is 3.93. The number of carboxylic acids is 1. The van der Waals surface area contributed by atoms with Crippen LogP contribution in [0.2, 0.25) is 0 Å². The molecule has 1 fully saturated rings. The Morgan fingerprint density at radius 1 is 1.55 bits per heavy atom. The Morgan fingerprint density at radius 2 is 2.30 bits per heavy atom. The molecule has 0 spiro atoms. The molecule has 1 saturated carbocycles. The minimum absolute atomic E-state index is 0.0553. The van der Waals surface area contributed by atoms with Gasteiger partial charge in [-0.15, -0.1) is 0 Å². The minimum atomic E-state index is -0.801. The molecule has 5 heteroatoms. The molecular formula is C15H18N2O2S. The molecule has 1 aromatic heterocycles. The predicted molar refractivity (Wildman–Crippen MR) is 80.3 cm³/mol. The SMILES string of the molecule is Cc1cccc2c1nc(SCC(=O)O)n2C(C)C1CC1. The topological polar surface area (TPSA) is 55.1 Å². The van der Waals surface area contributed by atoms with Crippen LogP contribution in [0, 0.1) is 12.8 Å². The first-order valence-corrected chi connectivity index (χ1v) is 7.88. The Morgan fingerprint density at radius 3 is 2.95 bits per heavy atom. The van der Waals surface area contributed by atoms with Crippen LogP contribution in [-0.2, 0) is 4.79 Å². The van der Waals surface area contributed by atoms with Crippen LogP contribution in [0.5, 0.6) is 0 Å². The van der Waals surface area contributed by atoms with E-state index < -0.39 is 5.97 Å². The summed E-state index contributed by atoms with van der Waals surface area (Å²) in [6, 6.07) is 6.56. The maximum atomic E-state index is 10.8.